The van der Waals surface area contributed by atoms with Crippen molar-refractivity contribution < 1.29 is 14.3 Å². The zero-order chi connectivity index (χ0) is 26.4. The minimum absolute atomic E-state index is 0.0503. The first-order chi connectivity index (χ1) is 17.9. The predicted molar refractivity (Wildman–Crippen MR) is 147 cm³/mol. The average molecular weight is 537 g/mol. The number of aromatic nitrogens is 3. The number of rotatable bonds is 10. The first-order valence-corrected chi connectivity index (χ1v) is 13.8. The van der Waals surface area contributed by atoms with E-state index in [1.54, 1.807) is 35.4 Å². The van der Waals surface area contributed by atoms with E-state index in [1.165, 1.54) is 11.8 Å². The summed E-state index contributed by atoms with van der Waals surface area (Å²) in [6, 6.07) is 16.8. The quantitative estimate of drug-likeness (QED) is 0.159. The van der Waals surface area contributed by atoms with Crippen LogP contribution in [0.1, 0.15) is 41.2 Å². The summed E-state index contributed by atoms with van der Waals surface area (Å²) >= 11 is 2.37. The second-order valence-electron chi connectivity index (χ2n) is 8.25. The summed E-state index contributed by atoms with van der Waals surface area (Å²) in [7, 11) is 0. The highest BCUT2D eigenvalue weighted by Gasteiger charge is 2.25. The van der Waals surface area contributed by atoms with Crippen LogP contribution in [-0.4, -0.2) is 38.8 Å². The van der Waals surface area contributed by atoms with Gasteiger partial charge in [0.25, 0.3) is 5.56 Å². The molecule has 0 spiro atoms. The highest BCUT2D eigenvalue weighted by atomic mass is 32.2. The van der Waals surface area contributed by atoms with Crippen molar-refractivity contribution in [2.75, 3.05) is 17.3 Å². The summed E-state index contributed by atoms with van der Waals surface area (Å²) in [4.78, 5) is 50.2. The SMILES string of the molecule is CCCn1c(SCC(=O)N(Cc2ccccc2)c2nc(C)c(C(=O)OCC)s2)nc2ccccc2c1=O. The van der Waals surface area contributed by atoms with Crippen molar-refractivity contribution in [2.45, 2.75) is 45.4 Å². The van der Waals surface area contributed by atoms with Gasteiger partial charge in [0.15, 0.2) is 10.3 Å². The predicted octanol–water partition coefficient (Wildman–Crippen LogP) is 5.07. The molecule has 0 aliphatic rings. The van der Waals surface area contributed by atoms with Crippen LogP contribution in [0.4, 0.5) is 5.13 Å². The number of thioether (sulfide) groups is 1. The molecule has 0 aliphatic heterocycles. The van der Waals surface area contributed by atoms with Gasteiger partial charge in [-0.1, -0.05) is 72.5 Å². The molecule has 0 saturated carbocycles. The number of fused-ring (bicyclic) bond motifs is 1. The molecule has 192 valence electrons. The molecule has 0 fully saturated rings. The summed E-state index contributed by atoms with van der Waals surface area (Å²) in [6.45, 7) is 6.53. The molecule has 0 aliphatic carbocycles. The first-order valence-electron chi connectivity index (χ1n) is 12.0. The zero-order valence-corrected chi connectivity index (χ0v) is 22.6. The standard InChI is InChI=1S/C27H28N4O4S2/c1-4-15-30-24(33)20-13-9-10-14-21(20)29-26(30)36-17-22(32)31(16-19-11-7-6-8-12-19)27-28-18(3)23(37-27)25(34)35-5-2/h6-14H,4-5,15-17H2,1-3H3. The van der Waals surface area contributed by atoms with E-state index in [4.69, 9.17) is 4.74 Å². The number of hydrogen-bond acceptors (Lipinski definition) is 8. The van der Waals surface area contributed by atoms with Gasteiger partial charge in [0.2, 0.25) is 5.91 Å². The van der Waals surface area contributed by atoms with Crippen molar-refractivity contribution in [3.63, 3.8) is 0 Å². The molecule has 2 heterocycles. The summed E-state index contributed by atoms with van der Waals surface area (Å²) in [5.74, 6) is -0.605. The van der Waals surface area contributed by atoms with E-state index in [0.717, 1.165) is 23.3 Å². The van der Waals surface area contributed by atoms with E-state index in [9.17, 15) is 14.4 Å². The van der Waals surface area contributed by atoms with Crippen LogP contribution in [0.25, 0.3) is 10.9 Å². The lowest BCUT2D eigenvalue weighted by Gasteiger charge is -2.20. The summed E-state index contributed by atoms with van der Waals surface area (Å²) in [6.07, 6.45) is 0.761. The Balaban J connectivity index is 1.64. The number of carbonyl (C=O) groups is 2. The molecule has 0 saturated heterocycles. The van der Waals surface area contributed by atoms with E-state index < -0.39 is 5.97 Å². The third-order valence-electron chi connectivity index (χ3n) is 5.56. The second-order valence-corrected chi connectivity index (χ2v) is 10.2. The van der Waals surface area contributed by atoms with Crippen LogP contribution in [0.2, 0.25) is 0 Å². The van der Waals surface area contributed by atoms with Crippen molar-refractivity contribution in [3.8, 4) is 0 Å². The molecular formula is C27H28N4O4S2. The molecular weight excluding hydrogens is 508 g/mol. The Labute approximate surface area is 223 Å². The number of anilines is 1. The number of thiazole rings is 1. The molecule has 4 aromatic rings. The molecule has 2 aromatic carbocycles. The van der Waals surface area contributed by atoms with Gasteiger partial charge in [-0.3, -0.25) is 19.1 Å². The number of benzene rings is 2. The number of aryl methyl sites for hydroxylation is 1. The normalized spacial score (nSPS) is 11.0. The van der Waals surface area contributed by atoms with E-state index in [1.807, 2.05) is 49.4 Å². The van der Waals surface area contributed by atoms with Gasteiger partial charge < -0.3 is 4.74 Å². The smallest absolute Gasteiger partial charge is 0.350 e. The van der Waals surface area contributed by atoms with Crippen LogP contribution in [0, 0.1) is 6.92 Å². The molecule has 0 N–H and O–H groups in total. The molecule has 37 heavy (non-hydrogen) atoms. The van der Waals surface area contributed by atoms with E-state index in [0.29, 0.717) is 44.9 Å². The third kappa shape index (κ3) is 6.08. The number of para-hydroxylation sites is 1. The molecule has 0 bridgehead atoms. The van der Waals surface area contributed by atoms with Gasteiger partial charge in [0, 0.05) is 6.54 Å². The van der Waals surface area contributed by atoms with Crippen LogP contribution >= 0.6 is 23.1 Å². The maximum atomic E-state index is 13.6. The van der Waals surface area contributed by atoms with Gasteiger partial charge in [-0.05, 0) is 38.0 Å². The zero-order valence-electron chi connectivity index (χ0n) is 21.0. The first kappa shape index (κ1) is 26.6. The van der Waals surface area contributed by atoms with Crippen LogP contribution in [0.15, 0.2) is 64.5 Å². The van der Waals surface area contributed by atoms with Gasteiger partial charge in [0.1, 0.15) is 4.88 Å². The minimum atomic E-state index is -0.450. The highest BCUT2D eigenvalue weighted by Crippen LogP contribution is 2.29. The second kappa shape index (κ2) is 12.2. The van der Waals surface area contributed by atoms with E-state index >= 15 is 0 Å². The maximum Gasteiger partial charge on any atom is 0.350 e. The molecule has 4 rings (SSSR count). The van der Waals surface area contributed by atoms with Gasteiger partial charge >= 0.3 is 5.97 Å². The average Bonchev–Trinajstić information content (AvgIpc) is 3.29. The van der Waals surface area contributed by atoms with Crippen LogP contribution in [-0.2, 0) is 22.6 Å². The van der Waals surface area contributed by atoms with Crippen molar-refractivity contribution in [3.05, 3.63) is 81.1 Å². The Morgan fingerprint density at radius 1 is 1.05 bits per heavy atom. The number of carbonyl (C=O) groups excluding carboxylic acids is 2. The van der Waals surface area contributed by atoms with Crippen LogP contribution < -0.4 is 10.5 Å². The number of esters is 1. The fourth-order valence-corrected chi connectivity index (χ4v) is 5.67. The molecule has 1 amide bonds. The van der Waals surface area contributed by atoms with Gasteiger partial charge in [0.05, 0.1) is 35.5 Å². The Kier molecular flexibility index (Phi) is 8.73. The van der Waals surface area contributed by atoms with Crippen LogP contribution in [0.3, 0.4) is 0 Å². The Morgan fingerprint density at radius 2 is 1.78 bits per heavy atom. The molecule has 0 unspecified atom stereocenters. The summed E-state index contributed by atoms with van der Waals surface area (Å²) in [5, 5.41) is 1.48. The Morgan fingerprint density at radius 3 is 2.51 bits per heavy atom. The Bertz CT molecular complexity index is 1470. The monoisotopic (exact) mass is 536 g/mol. The van der Waals surface area contributed by atoms with E-state index in [-0.39, 0.29) is 23.8 Å². The fourth-order valence-electron chi connectivity index (χ4n) is 3.79. The van der Waals surface area contributed by atoms with Gasteiger partial charge in [-0.2, -0.15) is 0 Å². The topological polar surface area (TPSA) is 94.4 Å². The minimum Gasteiger partial charge on any atom is -0.462 e. The molecule has 0 radical (unpaired) electrons. The number of amides is 1. The summed E-state index contributed by atoms with van der Waals surface area (Å²) < 4.78 is 6.78. The number of nitrogens with zero attached hydrogens (tertiary/aromatic N) is 4. The fraction of sp³-hybridized carbons (Fsp3) is 0.296. The largest absolute Gasteiger partial charge is 0.462 e. The van der Waals surface area contributed by atoms with Crippen LogP contribution in [0.5, 0.6) is 0 Å². The van der Waals surface area contributed by atoms with Crippen molar-refractivity contribution in [1.29, 1.82) is 0 Å². The lowest BCUT2D eigenvalue weighted by molar-refractivity contribution is -0.116. The summed E-state index contributed by atoms with van der Waals surface area (Å²) in [5.41, 5.74) is 1.94. The van der Waals surface area contributed by atoms with E-state index in [2.05, 4.69) is 9.97 Å². The maximum absolute atomic E-state index is 13.6. The molecule has 0 atom stereocenters. The lowest BCUT2D eigenvalue weighted by atomic mass is 10.2. The number of ether oxygens (including phenoxy) is 1. The third-order valence-corrected chi connectivity index (χ3v) is 7.68. The Hall–Kier alpha value is -3.50. The van der Waals surface area contributed by atoms with Crippen molar-refractivity contribution in [1.82, 2.24) is 14.5 Å². The molecule has 10 heteroatoms. The lowest BCUT2D eigenvalue weighted by Crippen LogP contribution is -2.32. The molecule has 8 nitrogen and oxygen atoms in total. The molecule has 2 aromatic heterocycles. The van der Waals surface area contributed by atoms with Gasteiger partial charge in [-0.25, -0.2) is 14.8 Å². The number of hydrogen-bond donors (Lipinski definition) is 0. The van der Waals surface area contributed by atoms with Crippen molar-refractivity contribution in [2.24, 2.45) is 0 Å². The van der Waals surface area contributed by atoms with Gasteiger partial charge in [-0.15, -0.1) is 0 Å². The highest BCUT2D eigenvalue weighted by molar-refractivity contribution is 7.99. The van der Waals surface area contributed by atoms with Crippen molar-refractivity contribution >= 4 is 51.0 Å².